The molecule has 11 heteroatoms. The van der Waals surface area contributed by atoms with Crippen LogP contribution in [0.25, 0.3) is 0 Å². The summed E-state index contributed by atoms with van der Waals surface area (Å²) < 4.78 is 39.6. The zero-order chi connectivity index (χ0) is 15.8. The average Bonchev–Trinajstić information content (AvgIpc) is 2.83. The number of rotatable bonds is 4. The Bertz CT molecular complexity index is 800. The molecule has 0 fully saturated rings. The molecule has 21 heavy (non-hydrogen) atoms. The van der Waals surface area contributed by atoms with Crippen LogP contribution in [0, 0.1) is 5.82 Å². The van der Waals surface area contributed by atoms with Gasteiger partial charge in [0, 0.05) is 4.47 Å². The van der Waals surface area contributed by atoms with Crippen molar-refractivity contribution in [1.29, 1.82) is 0 Å². The van der Waals surface area contributed by atoms with Gasteiger partial charge in [0.15, 0.2) is 5.03 Å². The maximum Gasteiger partial charge on any atom is 0.340 e. The molecule has 0 aliphatic rings. The summed E-state index contributed by atoms with van der Waals surface area (Å²) in [6, 6.07) is 1.92. The van der Waals surface area contributed by atoms with Gasteiger partial charge in [0.2, 0.25) is 0 Å². The molecule has 0 atom stereocenters. The van der Waals surface area contributed by atoms with Crippen molar-refractivity contribution < 1.29 is 22.7 Å². The number of aromatic nitrogens is 2. The molecule has 0 amide bonds. The van der Waals surface area contributed by atoms with Crippen molar-refractivity contribution in [3.05, 3.63) is 39.2 Å². The number of nitrogens with zero attached hydrogens (tertiary/aromatic N) is 1. The lowest BCUT2D eigenvalue weighted by Crippen LogP contribution is -2.17. The molecule has 1 aromatic heterocycles. The number of aromatic carboxylic acids is 1. The maximum atomic E-state index is 13.1. The van der Waals surface area contributed by atoms with Crippen LogP contribution in [0.2, 0.25) is 5.02 Å². The van der Waals surface area contributed by atoms with Crippen LogP contribution in [0.5, 0.6) is 0 Å². The molecule has 0 bridgehead atoms. The van der Waals surface area contributed by atoms with Crippen molar-refractivity contribution in [2.75, 3.05) is 4.72 Å². The molecular weight excluding hydrogens is 393 g/mol. The number of carboxylic acid groups (broad SMARTS) is 1. The van der Waals surface area contributed by atoms with E-state index < -0.39 is 32.4 Å². The molecule has 2 rings (SSSR count). The van der Waals surface area contributed by atoms with Gasteiger partial charge >= 0.3 is 5.97 Å². The van der Waals surface area contributed by atoms with Gasteiger partial charge < -0.3 is 5.11 Å². The number of hydrogen-bond acceptors (Lipinski definition) is 4. The summed E-state index contributed by atoms with van der Waals surface area (Å²) in [4.78, 5) is 10.9. The van der Waals surface area contributed by atoms with E-state index in [2.05, 4.69) is 30.8 Å². The van der Waals surface area contributed by atoms with Crippen molar-refractivity contribution in [3.63, 3.8) is 0 Å². The second-order valence-corrected chi connectivity index (χ2v) is 6.65. The quantitative estimate of drug-likeness (QED) is 0.732. The zero-order valence-electron chi connectivity index (χ0n) is 9.89. The summed E-state index contributed by atoms with van der Waals surface area (Å²) in [5.41, 5.74) is -0.652. The first-order valence-electron chi connectivity index (χ1n) is 5.16. The van der Waals surface area contributed by atoms with Crippen molar-refractivity contribution in [3.8, 4) is 0 Å². The topological polar surface area (TPSA) is 112 Å². The Hall–Kier alpha value is -1.65. The molecule has 0 spiro atoms. The molecule has 2 aromatic rings. The van der Waals surface area contributed by atoms with Crippen LogP contribution in [-0.4, -0.2) is 29.7 Å². The summed E-state index contributed by atoms with van der Waals surface area (Å²) >= 11 is 8.73. The number of nitrogens with one attached hydrogen (secondary N) is 2. The van der Waals surface area contributed by atoms with Crippen LogP contribution in [0.3, 0.4) is 0 Å². The molecule has 0 saturated carbocycles. The predicted octanol–water partition coefficient (Wildman–Crippen LogP) is 2.46. The van der Waals surface area contributed by atoms with Crippen molar-refractivity contribution in [1.82, 2.24) is 10.2 Å². The van der Waals surface area contributed by atoms with E-state index in [-0.39, 0.29) is 15.2 Å². The predicted molar refractivity (Wildman–Crippen MR) is 75.5 cm³/mol. The summed E-state index contributed by atoms with van der Waals surface area (Å²) in [5, 5.41) is 13.5. The van der Waals surface area contributed by atoms with E-state index in [0.29, 0.717) is 0 Å². The van der Waals surface area contributed by atoms with E-state index in [1.165, 1.54) is 0 Å². The Morgan fingerprint density at radius 3 is 2.71 bits per heavy atom. The molecule has 0 aliphatic carbocycles. The normalized spacial score (nSPS) is 11.4. The van der Waals surface area contributed by atoms with E-state index in [4.69, 9.17) is 16.7 Å². The summed E-state index contributed by atoms with van der Waals surface area (Å²) in [5.74, 6) is -2.13. The van der Waals surface area contributed by atoms with E-state index in [0.717, 1.165) is 18.3 Å². The van der Waals surface area contributed by atoms with Crippen LogP contribution in [0.4, 0.5) is 10.1 Å². The van der Waals surface area contributed by atoms with Gasteiger partial charge in [-0.1, -0.05) is 11.6 Å². The first-order chi connectivity index (χ1) is 9.72. The highest BCUT2D eigenvalue weighted by atomic mass is 79.9. The highest BCUT2D eigenvalue weighted by Gasteiger charge is 2.26. The van der Waals surface area contributed by atoms with Crippen LogP contribution >= 0.6 is 27.5 Å². The lowest BCUT2D eigenvalue weighted by molar-refractivity contribution is 0.0692. The molecule has 0 radical (unpaired) electrons. The summed E-state index contributed by atoms with van der Waals surface area (Å²) in [7, 11) is -4.29. The first-order valence-corrected chi connectivity index (χ1v) is 7.82. The molecule has 1 heterocycles. The smallest absolute Gasteiger partial charge is 0.340 e. The monoisotopic (exact) mass is 397 g/mol. The van der Waals surface area contributed by atoms with Gasteiger partial charge in [-0.3, -0.25) is 9.82 Å². The standard InChI is InChI=1S/C10H6BrClFN3O4S/c11-6-1-4(13)2-7(12)8(6)16-21(19,20)9-5(10(17)18)3-14-15-9/h1-3,16H,(H,14,15)(H,17,18). The lowest BCUT2D eigenvalue weighted by Gasteiger charge is -2.11. The van der Waals surface area contributed by atoms with Crippen LogP contribution < -0.4 is 4.72 Å². The first kappa shape index (κ1) is 15.7. The number of hydrogen-bond donors (Lipinski definition) is 3. The van der Waals surface area contributed by atoms with E-state index in [9.17, 15) is 17.6 Å². The summed E-state index contributed by atoms with van der Waals surface area (Å²) in [6.07, 6.45) is 0.859. The van der Waals surface area contributed by atoms with Crippen molar-refractivity contribution in [2.24, 2.45) is 0 Å². The molecule has 0 aliphatic heterocycles. The van der Waals surface area contributed by atoms with Crippen LogP contribution in [0.1, 0.15) is 10.4 Å². The minimum Gasteiger partial charge on any atom is -0.478 e. The minimum absolute atomic E-state index is 0.0625. The van der Waals surface area contributed by atoms with Crippen molar-refractivity contribution in [2.45, 2.75) is 5.03 Å². The van der Waals surface area contributed by atoms with Gasteiger partial charge in [0.05, 0.1) is 16.9 Å². The number of carboxylic acids is 1. The fraction of sp³-hybridized carbons (Fsp3) is 0. The summed E-state index contributed by atoms with van der Waals surface area (Å²) in [6.45, 7) is 0. The number of H-pyrrole nitrogens is 1. The molecule has 3 N–H and O–H groups in total. The molecule has 1 aromatic carbocycles. The molecule has 0 saturated heterocycles. The van der Waals surface area contributed by atoms with Crippen LogP contribution in [-0.2, 0) is 10.0 Å². The fourth-order valence-corrected chi connectivity index (χ4v) is 3.74. The molecular formula is C10H6BrClFN3O4S. The third-order valence-electron chi connectivity index (χ3n) is 2.35. The van der Waals surface area contributed by atoms with Gasteiger partial charge in [-0.25, -0.2) is 9.18 Å². The fourth-order valence-electron chi connectivity index (χ4n) is 1.46. The van der Waals surface area contributed by atoms with E-state index >= 15 is 0 Å². The minimum atomic E-state index is -4.29. The zero-order valence-corrected chi connectivity index (χ0v) is 13.1. The maximum absolute atomic E-state index is 13.1. The number of sulfonamides is 1. The number of halogens is 3. The highest BCUT2D eigenvalue weighted by Crippen LogP contribution is 2.33. The molecule has 0 unspecified atom stereocenters. The van der Waals surface area contributed by atoms with Gasteiger partial charge in [-0.15, -0.1) is 0 Å². The van der Waals surface area contributed by atoms with Crippen molar-refractivity contribution >= 4 is 49.2 Å². The molecule has 7 nitrogen and oxygen atoms in total. The number of benzene rings is 1. The Kier molecular flexibility index (Phi) is 4.21. The Balaban J connectivity index is 2.48. The average molecular weight is 399 g/mol. The second-order valence-electron chi connectivity index (χ2n) is 3.77. The third-order valence-corrected chi connectivity index (χ3v) is 4.59. The number of anilines is 1. The van der Waals surface area contributed by atoms with E-state index in [1.807, 2.05) is 0 Å². The second kappa shape index (κ2) is 5.62. The van der Waals surface area contributed by atoms with Gasteiger partial charge in [-0.2, -0.15) is 13.5 Å². The number of aromatic amines is 1. The van der Waals surface area contributed by atoms with E-state index in [1.54, 1.807) is 0 Å². The van der Waals surface area contributed by atoms with Gasteiger partial charge in [0.1, 0.15) is 11.4 Å². The number of carbonyl (C=O) groups is 1. The third kappa shape index (κ3) is 3.17. The Morgan fingerprint density at radius 2 is 2.14 bits per heavy atom. The lowest BCUT2D eigenvalue weighted by atomic mass is 10.3. The van der Waals surface area contributed by atoms with Gasteiger partial charge in [0.25, 0.3) is 10.0 Å². The van der Waals surface area contributed by atoms with Crippen LogP contribution in [0.15, 0.2) is 27.8 Å². The SMILES string of the molecule is O=C(O)c1cn[nH]c1S(=O)(=O)Nc1c(Cl)cc(F)cc1Br. The largest absolute Gasteiger partial charge is 0.478 e. The highest BCUT2D eigenvalue weighted by molar-refractivity contribution is 9.10. The molecule has 112 valence electrons. The Morgan fingerprint density at radius 1 is 1.48 bits per heavy atom. The van der Waals surface area contributed by atoms with Gasteiger partial charge in [-0.05, 0) is 28.1 Å². The Labute approximate surface area is 131 Å².